The average Bonchev–Trinajstić information content (AvgIpc) is 2.52. The summed E-state index contributed by atoms with van der Waals surface area (Å²) in [5, 5.41) is 2.56. The molecule has 1 aromatic heterocycles. The average molecular weight is 348 g/mol. The van der Waals surface area contributed by atoms with Crippen molar-refractivity contribution in [3.05, 3.63) is 16.3 Å². The third-order valence-electron chi connectivity index (χ3n) is 4.78. The molecule has 2 atom stereocenters. The van der Waals surface area contributed by atoms with E-state index in [1.807, 2.05) is 0 Å². The van der Waals surface area contributed by atoms with Gasteiger partial charge >= 0.3 is 5.97 Å². The molecule has 0 radical (unpaired) electrons. The fourth-order valence-electron chi connectivity index (χ4n) is 3.78. The van der Waals surface area contributed by atoms with E-state index in [1.54, 1.807) is 0 Å². The Morgan fingerprint density at radius 1 is 1.23 bits per heavy atom. The Labute approximate surface area is 137 Å². The Balaban J connectivity index is 1.90. The van der Waals surface area contributed by atoms with Crippen LogP contribution in [-0.2, 0) is 9.53 Å². The minimum absolute atomic E-state index is 0.0588. The number of carbonyl (C=O) groups excluding carboxylic acids is 1. The molecule has 0 aliphatic heterocycles. The second-order valence-corrected chi connectivity index (χ2v) is 6.54. The van der Waals surface area contributed by atoms with Crippen molar-refractivity contribution in [2.45, 2.75) is 31.7 Å². The van der Waals surface area contributed by atoms with Crippen LogP contribution < -0.4 is 5.32 Å². The van der Waals surface area contributed by atoms with Crippen molar-refractivity contribution >= 4 is 35.0 Å². The van der Waals surface area contributed by atoms with E-state index in [0.717, 1.165) is 25.7 Å². The Kier molecular flexibility index (Phi) is 4.41. The molecule has 0 spiro atoms. The van der Waals surface area contributed by atoms with Gasteiger partial charge in [0.2, 0.25) is 11.1 Å². The lowest BCUT2D eigenvalue weighted by Gasteiger charge is -2.47. The van der Waals surface area contributed by atoms with Gasteiger partial charge in [-0.15, -0.1) is 0 Å². The molecule has 3 aliphatic rings. The maximum Gasteiger partial charge on any atom is 0.311 e. The molecule has 0 aromatic carbocycles. The first-order chi connectivity index (χ1) is 10.5. The number of carbonyl (C=O) groups is 1. The topological polar surface area (TPSA) is 64.1 Å². The number of nitrogens with one attached hydrogen (secondary N) is 1. The molecule has 1 aromatic rings. The molecule has 1 heterocycles. The van der Waals surface area contributed by atoms with Crippen LogP contribution in [0.5, 0.6) is 0 Å². The van der Waals surface area contributed by atoms with Crippen LogP contribution in [0.2, 0.25) is 10.4 Å². The second-order valence-electron chi connectivity index (χ2n) is 5.84. The van der Waals surface area contributed by atoms with E-state index in [4.69, 9.17) is 27.9 Å². The third-order valence-corrected chi connectivity index (χ3v) is 5.20. The molecular weight excluding hydrogens is 332 g/mol. The lowest BCUT2D eigenvalue weighted by atomic mass is 9.61. The highest BCUT2D eigenvalue weighted by Crippen LogP contribution is 2.46. The molecule has 3 aliphatic carbocycles. The van der Waals surface area contributed by atoms with Gasteiger partial charge in [0.15, 0.2) is 11.0 Å². The number of methoxy groups -OCH3 is 1. The third kappa shape index (κ3) is 2.74. The highest BCUT2D eigenvalue weighted by atomic mass is 35.5. The normalized spacial score (nSPS) is 30.2. The van der Waals surface area contributed by atoms with Gasteiger partial charge < -0.3 is 10.1 Å². The first-order valence-corrected chi connectivity index (χ1v) is 7.99. The van der Waals surface area contributed by atoms with E-state index in [2.05, 4.69) is 15.3 Å². The Morgan fingerprint density at radius 2 is 1.86 bits per heavy atom. The van der Waals surface area contributed by atoms with Crippen LogP contribution in [-0.4, -0.2) is 29.1 Å². The van der Waals surface area contributed by atoms with E-state index in [9.17, 15) is 9.18 Å². The molecule has 5 nitrogen and oxygen atoms in total. The molecule has 4 rings (SSSR count). The fourth-order valence-corrected chi connectivity index (χ4v) is 4.16. The van der Waals surface area contributed by atoms with Crippen LogP contribution in [0.3, 0.4) is 0 Å². The van der Waals surface area contributed by atoms with E-state index in [-0.39, 0.29) is 46.0 Å². The number of nitrogens with zero attached hydrogens (tertiary/aromatic N) is 2. The van der Waals surface area contributed by atoms with Crippen molar-refractivity contribution in [1.82, 2.24) is 9.97 Å². The van der Waals surface area contributed by atoms with Crippen molar-refractivity contribution in [1.29, 1.82) is 0 Å². The van der Waals surface area contributed by atoms with Gasteiger partial charge in [-0.25, -0.2) is 4.98 Å². The lowest BCUT2D eigenvalue weighted by molar-refractivity contribution is -0.152. The van der Waals surface area contributed by atoms with Gasteiger partial charge in [0.05, 0.1) is 13.0 Å². The van der Waals surface area contributed by atoms with Gasteiger partial charge in [-0.2, -0.15) is 9.37 Å². The van der Waals surface area contributed by atoms with E-state index >= 15 is 0 Å². The van der Waals surface area contributed by atoms with Crippen LogP contribution >= 0.6 is 23.2 Å². The first kappa shape index (κ1) is 15.7. The minimum Gasteiger partial charge on any atom is -0.469 e. The molecule has 8 heteroatoms. The summed E-state index contributed by atoms with van der Waals surface area (Å²) in [7, 11) is 1.38. The van der Waals surface area contributed by atoms with E-state index < -0.39 is 5.82 Å². The molecule has 0 saturated heterocycles. The number of hydrogen-bond acceptors (Lipinski definition) is 5. The number of aromatic nitrogens is 2. The molecule has 3 saturated carbocycles. The Hall–Kier alpha value is -1.14. The zero-order valence-corrected chi connectivity index (χ0v) is 13.5. The van der Waals surface area contributed by atoms with Crippen molar-refractivity contribution in [2.24, 2.45) is 17.8 Å². The van der Waals surface area contributed by atoms with Crippen LogP contribution in [0.4, 0.5) is 10.2 Å². The standard InChI is InChI=1S/C14H16Cl2FN3O2/c1-22-13(21)8-6-2-4-7(5-3-6)10(8)18-12-9(17)11(15)19-14(16)20-12/h6-8,10H,2-5H2,1H3,(H,18,19,20). The molecule has 3 fully saturated rings. The summed E-state index contributed by atoms with van der Waals surface area (Å²) in [4.78, 5) is 19.6. The summed E-state index contributed by atoms with van der Waals surface area (Å²) in [6, 6.07) is -0.225. The summed E-state index contributed by atoms with van der Waals surface area (Å²) >= 11 is 11.4. The SMILES string of the molecule is COC(=O)C1C2CCC(CC2)C1Nc1nc(Cl)nc(Cl)c1F. The highest BCUT2D eigenvalue weighted by Gasteiger charge is 2.48. The summed E-state index contributed by atoms with van der Waals surface area (Å²) < 4.78 is 19.0. The maximum atomic E-state index is 14.1. The smallest absolute Gasteiger partial charge is 0.311 e. The highest BCUT2D eigenvalue weighted by molar-refractivity contribution is 6.32. The molecule has 22 heavy (non-hydrogen) atoms. The monoisotopic (exact) mass is 347 g/mol. The zero-order chi connectivity index (χ0) is 15.9. The summed E-state index contributed by atoms with van der Waals surface area (Å²) in [6.45, 7) is 0. The van der Waals surface area contributed by atoms with Crippen molar-refractivity contribution in [3.8, 4) is 0 Å². The summed E-state index contributed by atoms with van der Waals surface area (Å²) in [6.07, 6.45) is 4.00. The Bertz CT molecular complexity index is 594. The van der Waals surface area contributed by atoms with Gasteiger partial charge in [-0.1, -0.05) is 11.6 Å². The van der Waals surface area contributed by atoms with Gasteiger partial charge in [0.1, 0.15) is 0 Å². The fraction of sp³-hybridized carbons (Fsp3) is 0.643. The zero-order valence-electron chi connectivity index (χ0n) is 12.0. The van der Waals surface area contributed by atoms with Crippen molar-refractivity contribution in [2.75, 3.05) is 12.4 Å². The number of esters is 1. The van der Waals surface area contributed by atoms with Crippen LogP contribution in [0.15, 0.2) is 0 Å². The van der Waals surface area contributed by atoms with Crippen LogP contribution in [0.1, 0.15) is 25.7 Å². The van der Waals surface area contributed by atoms with Gasteiger partial charge in [-0.05, 0) is 49.1 Å². The van der Waals surface area contributed by atoms with Gasteiger partial charge in [0.25, 0.3) is 0 Å². The van der Waals surface area contributed by atoms with Crippen molar-refractivity contribution in [3.63, 3.8) is 0 Å². The number of hydrogen-bond donors (Lipinski definition) is 1. The van der Waals surface area contributed by atoms with Crippen LogP contribution in [0.25, 0.3) is 0 Å². The largest absolute Gasteiger partial charge is 0.469 e. The van der Waals surface area contributed by atoms with Gasteiger partial charge in [0, 0.05) is 6.04 Å². The molecule has 0 amide bonds. The number of halogens is 3. The number of fused-ring (bicyclic) bond motifs is 3. The quantitative estimate of drug-likeness (QED) is 0.516. The molecule has 2 bridgehead atoms. The summed E-state index contributed by atoms with van der Waals surface area (Å²) in [5.41, 5.74) is 0. The van der Waals surface area contributed by atoms with Gasteiger partial charge in [-0.3, -0.25) is 4.79 Å². The molecule has 120 valence electrons. The lowest BCUT2D eigenvalue weighted by Crippen LogP contribution is -2.52. The number of rotatable bonds is 3. The maximum absolute atomic E-state index is 14.1. The Morgan fingerprint density at radius 3 is 2.50 bits per heavy atom. The first-order valence-electron chi connectivity index (χ1n) is 7.24. The predicted molar refractivity (Wildman–Crippen MR) is 80.4 cm³/mol. The molecule has 1 N–H and O–H groups in total. The predicted octanol–water partition coefficient (Wildman–Crippen LogP) is 3.31. The molecule has 2 unspecified atom stereocenters. The number of ether oxygens (including phenoxy) is 1. The number of anilines is 1. The van der Waals surface area contributed by atoms with E-state index in [0.29, 0.717) is 0 Å². The van der Waals surface area contributed by atoms with Crippen LogP contribution in [0, 0.1) is 23.6 Å². The van der Waals surface area contributed by atoms with E-state index in [1.165, 1.54) is 7.11 Å². The van der Waals surface area contributed by atoms with Crippen molar-refractivity contribution < 1.29 is 13.9 Å². The second kappa shape index (κ2) is 6.16. The minimum atomic E-state index is -0.754. The molecular formula is C14H16Cl2FN3O2. The summed E-state index contributed by atoms with van der Waals surface area (Å²) in [5.74, 6) is -0.845.